The average Bonchev–Trinajstić information content (AvgIpc) is 1.99. The summed E-state index contributed by atoms with van der Waals surface area (Å²) < 4.78 is 5.95. The number of piperidine rings is 1. The second kappa shape index (κ2) is 4.84. The summed E-state index contributed by atoms with van der Waals surface area (Å²) >= 11 is 0. The standard InChI is InChI=1S/C13H27NO/c1-10(2)15-12-7-11(13(3,4)5)8-14(6)9-12/h10-12H,7-9H2,1-6H3. The van der Waals surface area contributed by atoms with Gasteiger partial charge in [-0.1, -0.05) is 20.8 Å². The van der Waals surface area contributed by atoms with E-state index in [4.69, 9.17) is 4.74 Å². The summed E-state index contributed by atoms with van der Waals surface area (Å²) in [5.74, 6) is 0.750. The van der Waals surface area contributed by atoms with Crippen molar-refractivity contribution in [1.82, 2.24) is 4.90 Å². The summed E-state index contributed by atoms with van der Waals surface area (Å²) in [7, 11) is 2.20. The van der Waals surface area contributed by atoms with Crippen molar-refractivity contribution in [2.45, 2.75) is 53.2 Å². The molecule has 0 spiro atoms. The molecule has 1 rings (SSSR count). The van der Waals surface area contributed by atoms with E-state index in [1.165, 1.54) is 13.0 Å². The summed E-state index contributed by atoms with van der Waals surface area (Å²) in [6.45, 7) is 13.6. The summed E-state index contributed by atoms with van der Waals surface area (Å²) in [5.41, 5.74) is 0.396. The predicted molar refractivity (Wildman–Crippen MR) is 65.1 cm³/mol. The first kappa shape index (κ1) is 13.0. The van der Waals surface area contributed by atoms with Gasteiger partial charge in [0.25, 0.3) is 0 Å². The maximum atomic E-state index is 5.95. The number of hydrogen-bond acceptors (Lipinski definition) is 2. The first-order valence-electron chi connectivity index (χ1n) is 6.13. The quantitative estimate of drug-likeness (QED) is 0.699. The molecule has 0 saturated carbocycles. The van der Waals surface area contributed by atoms with E-state index in [1.807, 2.05) is 0 Å². The molecular formula is C13H27NO. The van der Waals surface area contributed by atoms with Gasteiger partial charge in [0.2, 0.25) is 0 Å². The minimum Gasteiger partial charge on any atom is -0.374 e. The van der Waals surface area contributed by atoms with Crippen molar-refractivity contribution in [2.75, 3.05) is 20.1 Å². The van der Waals surface area contributed by atoms with E-state index in [1.54, 1.807) is 0 Å². The summed E-state index contributed by atoms with van der Waals surface area (Å²) in [5, 5.41) is 0. The Kier molecular flexibility index (Phi) is 4.19. The first-order chi connectivity index (χ1) is 6.79. The zero-order valence-electron chi connectivity index (χ0n) is 11.2. The second-order valence-corrected chi connectivity index (χ2v) is 6.33. The Labute approximate surface area is 95.0 Å². The molecule has 0 N–H and O–H groups in total. The van der Waals surface area contributed by atoms with Crippen molar-refractivity contribution >= 4 is 0 Å². The van der Waals surface area contributed by atoms with Crippen molar-refractivity contribution in [3.8, 4) is 0 Å². The van der Waals surface area contributed by atoms with E-state index >= 15 is 0 Å². The lowest BCUT2D eigenvalue weighted by atomic mass is 9.75. The molecule has 1 fully saturated rings. The number of nitrogens with zero attached hydrogens (tertiary/aromatic N) is 1. The molecule has 1 aliphatic heterocycles. The van der Waals surface area contributed by atoms with Crippen molar-refractivity contribution in [3.63, 3.8) is 0 Å². The monoisotopic (exact) mass is 213 g/mol. The number of ether oxygens (including phenoxy) is 1. The van der Waals surface area contributed by atoms with Gasteiger partial charge in [0.1, 0.15) is 0 Å². The van der Waals surface area contributed by atoms with E-state index < -0.39 is 0 Å². The number of rotatable bonds is 2. The normalized spacial score (nSPS) is 29.8. The minimum atomic E-state index is 0.349. The molecule has 2 unspecified atom stereocenters. The van der Waals surface area contributed by atoms with Crippen LogP contribution in [0, 0.1) is 11.3 Å². The largest absolute Gasteiger partial charge is 0.374 e. The average molecular weight is 213 g/mol. The van der Waals surface area contributed by atoms with Crippen LogP contribution in [-0.2, 0) is 4.74 Å². The van der Waals surface area contributed by atoms with Gasteiger partial charge in [-0.05, 0) is 38.6 Å². The lowest BCUT2D eigenvalue weighted by molar-refractivity contribution is -0.0589. The van der Waals surface area contributed by atoms with E-state index in [2.05, 4.69) is 46.6 Å². The molecule has 0 aromatic carbocycles. The van der Waals surface area contributed by atoms with E-state index in [0.717, 1.165) is 12.5 Å². The third-order valence-electron chi connectivity index (χ3n) is 3.28. The highest BCUT2D eigenvalue weighted by Gasteiger charge is 2.33. The summed E-state index contributed by atoms with van der Waals surface area (Å²) in [6.07, 6.45) is 1.99. The fraction of sp³-hybridized carbons (Fsp3) is 1.00. The van der Waals surface area contributed by atoms with Crippen LogP contribution in [0.1, 0.15) is 41.0 Å². The molecular weight excluding hydrogens is 186 g/mol. The molecule has 15 heavy (non-hydrogen) atoms. The highest BCUT2D eigenvalue weighted by molar-refractivity contribution is 4.85. The zero-order valence-corrected chi connectivity index (χ0v) is 11.2. The minimum absolute atomic E-state index is 0.349. The lowest BCUT2D eigenvalue weighted by Crippen LogP contribution is -2.46. The van der Waals surface area contributed by atoms with Crippen molar-refractivity contribution in [1.29, 1.82) is 0 Å². The van der Waals surface area contributed by atoms with E-state index in [9.17, 15) is 0 Å². The maximum absolute atomic E-state index is 5.95. The van der Waals surface area contributed by atoms with Crippen LogP contribution < -0.4 is 0 Å². The van der Waals surface area contributed by atoms with Crippen LogP contribution >= 0.6 is 0 Å². The molecule has 1 heterocycles. The van der Waals surface area contributed by atoms with Gasteiger partial charge in [0.05, 0.1) is 12.2 Å². The Bertz CT molecular complexity index is 193. The number of likely N-dealkylation sites (tertiary alicyclic amines) is 1. The molecule has 0 radical (unpaired) electrons. The Morgan fingerprint density at radius 1 is 1.20 bits per heavy atom. The Hall–Kier alpha value is -0.0800. The van der Waals surface area contributed by atoms with Crippen molar-refractivity contribution in [2.24, 2.45) is 11.3 Å². The molecule has 0 bridgehead atoms. The van der Waals surface area contributed by atoms with Crippen LogP contribution in [0.25, 0.3) is 0 Å². The zero-order chi connectivity index (χ0) is 11.6. The maximum Gasteiger partial charge on any atom is 0.0708 e. The van der Waals surface area contributed by atoms with Crippen molar-refractivity contribution in [3.05, 3.63) is 0 Å². The van der Waals surface area contributed by atoms with Crippen molar-refractivity contribution < 1.29 is 4.74 Å². The third kappa shape index (κ3) is 4.12. The van der Waals surface area contributed by atoms with E-state index in [0.29, 0.717) is 17.6 Å². The van der Waals surface area contributed by atoms with Crippen LogP contribution in [0.15, 0.2) is 0 Å². The topological polar surface area (TPSA) is 12.5 Å². The fourth-order valence-corrected chi connectivity index (χ4v) is 2.38. The van der Waals surface area contributed by atoms with Crippen LogP contribution in [0.5, 0.6) is 0 Å². The molecule has 0 aromatic heterocycles. The van der Waals surface area contributed by atoms with Gasteiger partial charge in [-0.25, -0.2) is 0 Å². The summed E-state index contributed by atoms with van der Waals surface area (Å²) in [6, 6.07) is 0. The molecule has 2 atom stereocenters. The highest BCUT2D eigenvalue weighted by atomic mass is 16.5. The summed E-state index contributed by atoms with van der Waals surface area (Å²) in [4.78, 5) is 2.41. The van der Waals surface area contributed by atoms with E-state index in [-0.39, 0.29) is 0 Å². The smallest absolute Gasteiger partial charge is 0.0708 e. The Balaban J connectivity index is 2.56. The van der Waals surface area contributed by atoms with Gasteiger partial charge < -0.3 is 9.64 Å². The van der Waals surface area contributed by atoms with Crippen LogP contribution in [0.2, 0.25) is 0 Å². The molecule has 0 aliphatic carbocycles. The third-order valence-corrected chi connectivity index (χ3v) is 3.28. The van der Waals surface area contributed by atoms with Gasteiger partial charge in [-0.3, -0.25) is 0 Å². The van der Waals surface area contributed by atoms with Gasteiger partial charge >= 0.3 is 0 Å². The van der Waals surface area contributed by atoms with Gasteiger partial charge in [-0.15, -0.1) is 0 Å². The fourth-order valence-electron chi connectivity index (χ4n) is 2.38. The molecule has 0 amide bonds. The number of hydrogen-bond donors (Lipinski definition) is 0. The van der Waals surface area contributed by atoms with Gasteiger partial charge in [0, 0.05) is 13.1 Å². The molecule has 2 heteroatoms. The molecule has 1 saturated heterocycles. The van der Waals surface area contributed by atoms with Crippen LogP contribution in [-0.4, -0.2) is 37.2 Å². The Morgan fingerprint density at radius 3 is 2.27 bits per heavy atom. The van der Waals surface area contributed by atoms with Gasteiger partial charge in [0.15, 0.2) is 0 Å². The Morgan fingerprint density at radius 2 is 1.80 bits per heavy atom. The SMILES string of the molecule is CC(C)OC1CC(C(C)(C)C)CN(C)C1. The molecule has 1 aliphatic rings. The van der Waals surface area contributed by atoms with Crippen LogP contribution in [0.4, 0.5) is 0 Å². The predicted octanol–water partition coefficient (Wildman–Crippen LogP) is 2.78. The first-order valence-corrected chi connectivity index (χ1v) is 6.13. The second-order valence-electron chi connectivity index (χ2n) is 6.33. The number of likely N-dealkylation sites (N-methyl/N-ethyl adjacent to an activating group) is 1. The highest BCUT2D eigenvalue weighted by Crippen LogP contribution is 2.33. The molecule has 90 valence electrons. The van der Waals surface area contributed by atoms with Crippen LogP contribution in [0.3, 0.4) is 0 Å². The lowest BCUT2D eigenvalue weighted by Gasteiger charge is -2.42. The molecule has 0 aromatic rings. The molecule has 2 nitrogen and oxygen atoms in total. The van der Waals surface area contributed by atoms with Gasteiger partial charge in [-0.2, -0.15) is 0 Å².